The van der Waals surface area contributed by atoms with Crippen molar-refractivity contribution in [2.45, 2.75) is 31.5 Å². The molecular formula is C21H21F3N2O5. The lowest BCUT2D eigenvalue weighted by atomic mass is 9.93. The number of pyridine rings is 1. The minimum atomic E-state index is -4.67. The van der Waals surface area contributed by atoms with E-state index >= 15 is 0 Å². The number of alkyl halides is 3. The van der Waals surface area contributed by atoms with Gasteiger partial charge in [0.15, 0.2) is 0 Å². The SMILES string of the molecule is COC(=O)c1ccc(COc2cccc(C3CCN(C(=O)O)CC3)n2)c(C(F)(F)F)c1. The number of likely N-dealkylation sites (tertiary alicyclic amines) is 1. The van der Waals surface area contributed by atoms with E-state index in [0.29, 0.717) is 31.6 Å². The molecule has 166 valence electrons. The number of carbonyl (C=O) groups is 2. The van der Waals surface area contributed by atoms with E-state index in [1.54, 1.807) is 18.2 Å². The zero-order valence-electron chi connectivity index (χ0n) is 16.7. The van der Waals surface area contributed by atoms with E-state index in [1.165, 1.54) is 17.0 Å². The Labute approximate surface area is 176 Å². The van der Waals surface area contributed by atoms with E-state index in [9.17, 15) is 22.8 Å². The molecule has 10 heteroatoms. The average molecular weight is 438 g/mol. The number of carboxylic acid groups (broad SMARTS) is 1. The van der Waals surface area contributed by atoms with Gasteiger partial charge in [0.25, 0.3) is 0 Å². The Morgan fingerprint density at radius 2 is 1.90 bits per heavy atom. The summed E-state index contributed by atoms with van der Waals surface area (Å²) in [5.41, 5.74) is -0.610. The first-order chi connectivity index (χ1) is 14.7. The lowest BCUT2D eigenvalue weighted by Crippen LogP contribution is -2.36. The van der Waals surface area contributed by atoms with Crippen LogP contribution in [0.5, 0.6) is 5.88 Å². The maximum absolute atomic E-state index is 13.4. The monoisotopic (exact) mass is 438 g/mol. The maximum Gasteiger partial charge on any atom is 0.416 e. The summed E-state index contributed by atoms with van der Waals surface area (Å²) in [6.07, 6.45) is -4.41. The number of piperidine rings is 1. The zero-order valence-corrected chi connectivity index (χ0v) is 16.7. The second-order valence-electron chi connectivity index (χ2n) is 7.09. The Hall–Kier alpha value is -3.30. The van der Waals surface area contributed by atoms with Crippen LogP contribution in [0.2, 0.25) is 0 Å². The van der Waals surface area contributed by atoms with E-state index < -0.39 is 23.8 Å². The number of aromatic nitrogens is 1. The van der Waals surface area contributed by atoms with Crippen LogP contribution in [0.25, 0.3) is 0 Å². The van der Waals surface area contributed by atoms with Crippen LogP contribution in [0.4, 0.5) is 18.0 Å². The average Bonchev–Trinajstić information content (AvgIpc) is 2.76. The highest BCUT2D eigenvalue weighted by atomic mass is 19.4. The van der Waals surface area contributed by atoms with Gasteiger partial charge in [0, 0.05) is 36.3 Å². The second kappa shape index (κ2) is 9.23. The van der Waals surface area contributed by atoms with Crippen LogP contribution in [0, 0.1) is 0 Å². The summed E-state index contributed by atoms with van der Waals surface area (Å²) in [6, 6.07) is 8.21. The summed E-state index contributed by atoms with van der Waals surface area (Å²) in [7, 11) is 1.09. The van der Waals surface area contributed by atoms with Crippen molar-refractivity contribution in [1.82, 2.24) is 9.88 Å². The number of rotatable bonds is 5. The van der Waals surface area contributed by atoms with Crippen LogP contribution < -0.4 is 4.74 Å². The van der Waals surface area contributed by atoms with Gasteiger partial charge in [-0.15, -0.1) is 0 Å². The molecule has 1 N–H and O–H groups in total. The topological polar surface area (TPSA) is 89.0 Å². The third-order valence-corrected chi connectivity index (χ3v) is 5.14. The molecule has 1 aliphatic heterocycles. The number of methoxy groups -OCH3 is 1. The van der Waals surface area contributed by atoms with Gasteiger partial charge in [0.1, 0.15) is 6.61 Å². The molecule has 0 radical (unpaired) electrons. The lowest BCUT2D eigenvalue weighted by Gasteiger charge is -2.29. The minimum Gasteiger partial charge on any atom is -0.473 e. The van der Waals surface area contributed by atoms with E-state index in [4.69, 9.17) is 9.84 Å². The molecule has 0 bridgehead atoms. The predicted molar refractivity (Wildman–Crippen MR) is 103 cm³/mol. The molecule has 3 rings (SSSR count). The first-order valence-electron chi connectivity index (χ1n) is 9.55. The maximum atomic E-state index is 13.4. The molecule has 7 nitrogen and oxygen atoms in total. The van der Waals surface area contributed by atoms with Crippen LogP contribution in [-0.4, -0.2) is 47.3 Å². The van der Waals surface area contributed by atoms with E-state index in [1.807, 2.05) is 0 Å². The fourth-order valence-electron chi connectivity index (χ4n) is 3.47. The summed E-state index contributed by atoms with van der Waals surface area (Å²) in [4.78, 5) is 28.3. The summed E-state index contributed by atoms with van der Waals surface area (Å²) >= 11 is 0. The molecule has 0 spiro atoms. The van der Waals surface area contributed by atoms with Gasteiger partial charge >= 0.3 is 18.2 Å². The van der Waals surface area contributed by atoms with Crippen molar-refractivity contribution in [3.8, 4) is 5.88 Å². The smallest absolute Gasteiger partial charge is 0.416 e. The van der Waals surface area contributed by atoms with Crippen LogP contribution in [0.3, 0.4) is 0 Å². The Balaban J connectivity index is 1.72. The fourth-order valence-corrected chi connectivity index (χ4v) is 3.47. The first kappa shape index (κ1) is 22.4. The molecule has 2 aromatic rings. The highest BCUT2D eigenvalue weighted by molar-refractivity contribution is 5.89. The number of esters is 1. The first-order valence-corrected chi connectivity index (χ1v) is 9.55. The van der Waals surface area contributed by atoms with E-state index in [0.717, 1.165) is 13.2 Å². The van der Waals surface area contributed by atoms with Crippen molar-refractivity contribution in [2.75, 3.05) is 20.2 Å². The molecule has 1 aliphatic rings. The van der Waals surface area contributed by atoms with Crippen LogP contribution >= 0.6 is 0 Å². The normalized spacial score (nSPS) is 14.9. The molecule has 1 amide bonds. The number of halogens is 3. The van der Waals surface area contributed by atoms with Crippen molar-refractivity contribution < 1.29 is 37.3 Å². The third-order valence-electron chi connectivity index (χ3n) is 5.14. The van der Waals surface area contributed by atoms with Gasteiger partial charge in [-0.3, -0.25) is 0 Å². The largest absolute Gasteiger partial charge is 0.473 e. The number of nitrogens with zero attached hydrogens (tertiary/aromatic N) is 2. The van der Waals surface area contributed by atoms with E-state index in [2.05, 4.69) is 9.72 Å². The minimum absolute atomic E-state index is 0.0456. The summed E-state index contributed by atoms with van der Waals surface area (Å²) < 4.78 is 50.3. The summed E-state index contributed by atoms with van der Waals surface area (Å²) in [5, 5.41) is 9.04. The number of benzene rings is 1. The van der Waals surface area contributed by atoms with Crippen molar-refractivity contribution >= 4 is 12.1 Å². The highest BCUT2D eigenvalue weighted by Gasteiger charge is 2.34. The molecule has 1 fully saturated rings. The Kier molecular flexibility index (Phi) is 6.67. The lowest BCUT2D eigenvalue weighted by molar-refractivity contribution is -0.138. The third kappa shape index (κ3) is 5.44. The van der Waals surface area contributed by atoms with Gasteiger partial charge < -0.3 is 19.5 Å². The molecule has 1 aromatic heterocycles. The van der Waals surface area contributed by atoms with Crippen LogP contribution in [0.15, 0.2) is 36.4 Å². The molecule has 2 heterocycles. The Bertz CT molecular complexity index is 956. The quantitative estimate of drug-likeness (QED) is 0.700. The summed E-state index contributed by atoms with van der Waals surface area (Å²) in [5.74, 6) is -0.645. The molecule has 0 aliphatic carbocycles. The fraction of sp³-hybridized carbons (Fsp3) is 0.381. The van der Waals surface area contributed by atoms with E-state index in [-0.39, 0.29) is 29.5 Å². The standard InChI is InChI=1S/C21H21F3N2O5/c1-30-19(27)14-5-6-15(16(11-14)21(22,23)24)12-31-18-4-2-3-17(25-18)13-7-9-26(10-8-13)20(28)29/h2-6,11,13H,7-10,12H2,1H3,(H,28,29). The molecule has 0 unspecified atom stereocenters. The number of ether oxygens (including phenoxy) is 2. The Morgan fingerprint density at radius 3 is 2.52 bits per heavy atom. The van der Waals surface area contributed by atoms with Gasteiger partial charge in [-0.1, -0.05) is 12.1 Å². The van der Waals surface area contributed by atoms with Gasteiger partial charge in [0.2, 0.25) is 5.88 Å². The van der Waals surface area contributed by atoms with Crippen molar-refractivity contribution in [2.24, 2.45) is 0 Å². The van der Waals surface area contributed by atoms with Crippen LogP contribution in [-0.2, 0) is 17.5 Å². The zero-order chi connectivity index (χ0) is 22.6. The molecular weight excluding hydrogens is 417 g/mol. The molecule has 0 atom stereocenters. The van der Waals surface area contributed by atoms with Crippen molar-refractivity contribution in [3.05, 3.63) is 58.8 Å². The van der Waals surface area contributed by atoms with Gasteiger partial charge in [-0.2, -0.15) is 13.2 Å². The highest BCUT2D eigenvalue weighted by Crippen LogP contribution is 2.34. The molecule has 31 heavy (non-hydrogen) atoms. The number of hydrogen-bond acceptors (Lipinski definition) is 5. The number of carbonyl (C=O) groups excluding carboxylic acids is 1. The second-order valence-corrected chi connectivity index (χ2v) is 7.09. The molecule has 1 saturated heterocycles. The van der Waals surface area contributed by atoms with Gasteiger partial charge in [-0.25, -0.2) is 14.6 Å². The van der Waals surface area contributed by atoms with Crippen LogP contribution in [0.1, 0.15) is 45.9 Å². The van der Waals surface area contributed by atoms with Crippen molar-refractivity contribution in [3.63, 3.8) is 0 Å². The van der Waals surface area contributed by atoms with Crippen molar-refractivity contribution in [1.29, 1.82) is 0 Å². The number of hydrogen-bond donors (Lipinski definition) is 1. The predicted octanol–water partition coefficient (Wildman–Crippen LogP) is 4.32. The number of amides is 1. The summed E-state index contributed by atoms with van der Waals surface area (Å²) in [6.45, 7) is 0.409. The molecule has 0 saturated carbocycles. The van der Waals surface area contributed by atoms with Gasteiger partial charge in [-0.05, 0) is 31.0 Å². The Morgan fingerprint density at radius 1 is 1.19 bits per heavy atom. The van der Waals surface area contributed by atoms with Gasteiger partial charge in [0.05, 0.1) is 18.2 Å². The molecule has 1 aromatic carbocycles.